The van der Waals surface area contributed by atoms with Gasteiger partial charge in [0.25, 0.3) is 0 Å². The summed E-state index contributed by atoms with van der Waals surface area (Å²) in [4.78, 5) is 20.1. The van der Waals surface area contributed by atoms with Gasteiger partial charge in [-0.15, -0.1) is 0 Å². The van der Waals surface area contributed by atoms with E-state index in [0.29, 0.717) is 18.0 Å². The molecule has 0 aliphatic carbocycles. The van der Waals surface area contributed by atoms with Crippen molar-refractivity contribution in [3.63, 3.8) is 0 Å². The third kappa shape index (κ3) is 4.76. The molecule has 1 aliphatic rings. The molecule has 0 saturated heterocycles. The van der Waals surface area contributed by atoms with Crippen LogP contribution in [0.25, 0.3) is 0 Å². The molecule has 5 heteroatoms. The number of hydrogen-bond donors (Lipinski definition) is 0. The van der Waals surface area contributed by atoms with Crippen molar-refractivity contribution in [2.24, 2.45) is 0 Å². The molecule has 1 unspecified atom stereocenters. The molecule has 1 atom stereocenters. The average molecular weight is 392 g/mol. The summed E-state index contributed by atoms with van der Waals surface area (Å²) in [6.07, 6.45) is 6.04. The third-order valence-corrected chi connectivity index (χ3v) is 5.60. The zero-order valence-electron chi connectivity index (χ0n) is 17.6. The van der Waals surface area contributed by atoms with E-state index in [9.17, 15) is 4.79 Å². The molecule has 5 nitrogen and oxygen atoms in total. The molecule has 2 heterocycles. The number of carbonyl (C=O) groups excluding carboxylic acids is 1. The lowest BCUT2D eigenvalue weighted by Crippen LogP contribution is -2.37. The van der Waals surface area contributed by atoms with Crippen LogP contribution in [0.15, 0.2) is 30.6 Å². The minimum Gasteiger partial charge on any atom is -0.477 e. The van der Waals surface area contributed by atoms with E-state index in [-0.39, 0.29) is 23.9 Å². The van der Waals surface area contributed by atoms with Crippen molar-refractivity contribution in [3.05, 3.63) is 53.1 Å². The fourth-order valence-corrected chi connectivity index (χ4v) is 3.85. The first kappa shape index (κ1) is 20.9. The zero-order chi connectivity index (χ0) is 20.9. The van der Waals surface area contributed by atoms with Gasteiger partial charge in [0.15, 0.2) is 6.10 Å². The Kier molecular flexibility index (Phi) is 6.53. The molecule has 3 rings (SSSR count). The summed E-state index contributed by atoms with van der Waals surface area (Å²) < 4.78 is 11.1. The lowest BCUT2D eigenvalue weighted by atomic mass is 9.70. The molecule has 0 amide bonds. The molecule has 152 valence electrons. The predicted molar refractivity (Wildman–Crippen MR) is 112 cm³/mol. The molecule has 29 heavy (non-hydrogen) atoms. The first-order valence-electron chi connectivity index (χ1n) is 10.3. The number of carbonyl (C=O) groups is 1. The van der Waals surface area contributed by atoms with Gasteiger partial charge in [0.2, 0.25) is 0 Å². The van der Waals surface area contributed by atoms with Crippen molar-refractivity contribution in [1.29, 1.82) is 0 Å². The zero-order valence-corrected chi connectivity index (χ0v) is 17.6. The fraction of sp³-hybridized carbons (Fsp3) is 0.458. The van der Waals surface area contributed by atoms with Gasteiger partial charge in [-0.25, -0.2) is 4.98 Å². The lowest BCUT2D eigenvalue weighted by Gasteiger charge is -2.40. The van der Waals surface area contributed by atoms with Gasteiger partial charge >= 0.3 is 5.97 Å². The van der Waals surface area contributed by atoms with E-state index in [1.54, 1.807) is 19.3 Å². The van der Waals surface area contributed by atoms with E-state index >= 15 is 0 Å². The van der Waals surface area contributed by atoms with E-state index in [2.05, 4.69) is 60.8 Å². The van der Waals surface area contributed by atoms with Gasteiger partial charge in [0.1, 0.15) is 11.4 Å². The number of ether oxygens (including phenoxy) is 2. The molecule has 0 radical (unpaired) electrons. The SMILES string of the molecule is CCOC(=O)Cc1cnc(C#CC2CC(CC)(CC)c3ccc(C)cc3O2)cn1. The molecule has 2 aromatic rings. The Labute approximate surface area is 172 Å². The Morgan fingerprint density at radius 2 is 2.03 bits per heavy atom. The smallest absolute Gasteiger partial charge is 0.311 e. The molecular weight excluding hydrogens is 364 g/mol. The van der Waals surface area contributed by atoms with E-state index in [1.807, 2.05) is 0 Å². The largest absolute Gasteiger partial charge is 0.477 e. The van der Waals surface area contributed by atoms with Crippen molar-refractivity contribution in [2.75, 3.05) is 6.61 Å². The minimum atomic E-state index is -0.305. The van der Waals surface area contributed by atoms with Crippen LogP contribution in [0.4, 0.5) is 0 Å². The van der Waals surface area contributed by atoms with Crippen LogP contribution < -0.4 is 4.74 Å². The van der Waals surface area contributed by atoms with Crippen LogP contribution in [0.3, 0.4) is 0 Å². The number of rotatable bonds is 5. The summed E-state index contributed by atoms with van der Waals surface area (Å²) >= 11 is 0. The standard InChI is InChI=1S/C24H28N2O3/c1-5-24(6-2)14-20(29-22-12-17(4)8-11-21(22)24)10-9-18-15-26-19(16-25-18)13-23(27)28-7-3/h8,11-12,15-16,20H,5-7,13-14H2,1-4H3. The van der Waals surface area contributed by atoms with Crippen LogP contribution in [-0.4, -0.2) is 28.6 Å². The van der Waals surface area contributed by atoms with Crippen molar-refractivity contribution in [3.8, 4) is 17.6 Å². The second-order valence-electron chi connectivity index (χ2n) is 7.44. The van der Waals surface area contributed by atoms with Gasteiger partial charge in [0, 0.05) is 17.4 Å². The molecule has 0 spiro atoms. The van der Waals surface area contributed by atoms with Crippen molar-refractivity contribution in [1.82, 2.24) is 9.97 Å². The molecule has 0 N–H and O–H groups in total. The Hall–Kier alpha value is -2.87. The van der Waals surface area contributed by atoms with Gasteiger partial charge < -0.3 is 9.47 Å². The topological polar surface area (TPSA) is 61.3 Å². The van der Waals surface area contributed by atoms with Crippen LogP contribution in [0.2, 0.25) is 0 Å². The number of esters is 1. The number of benzene rings is 1. The third-order valence-electron chi connectivity index (χ3n) is 5.60. The van der Waals surface area contributed by atoms with Gasteiger partial charge in [-0.2, -0.15) is 0 Å². The van der Waals surface area contributed by atoms with Crippen LogP contribution >= 0.6 is 0 Å². The summed E-state index contributed by atoms with van der Waals surface area (Å²) in [5, 5.41) is 0. The Bertz CT molecular complexity index is 921. The highest BCUT2D eigenvalue weighted by Crippen LogP contribution is 2.45. The van der Waals surface area contributed by atoms with Gasteiger partial charge in [-0.3, -0.25) is 9.78 Å². The van der Waals surface area contributed by atoms with Crippen LogP contribution in [0.5, 0.6) is 5.75 Å². The van der Waals surface area contributed by atoms with E-state index in [4.69, 9.17) is 9.47 Å². The summed E-state index contributed by atoms with van der Waals surface area (Å²) in [6.45, 7) is 8.68. The van der Waals surface area contributed by atoms with E-state index in [0.717, 1.165) is 25.0 Å². The van der Waals surface area contributed by atoms with Crippen LogP contribution in [0, 0.1) is 18.8 Å². The van der Waals surface area contributed by atoms with E-state index in [1.165, 1.54) is 11.1 Å². The predicted octanol–water partition coefficient (Wildman–Crippen LogP) is 4.15. The second-order valence-corrected chi connectivity index (χ2v) is 7.44. The minimum absolute atomic E-state index is 0.0792. The maximum Gasteiger partial charge on any atom is 0.311 e. The molecule has 1 aliphatic heterocycles. The Morgan fingerprint density at radius 3 is 2.69 bits per heavy atom. The number of aromatic nitrogens is 2. The summed E-state index contributed by atoms with van der Waals surface area (Å²) in [5.74, 6) is 6.96. The van der Waals surface area contributed by atoms with Crippen molar-refractivity contribution < 1.29 is 14.3 Å². The summed E-state index contributed by atoms with van der Waals surface area (Å²) in [6, 6.07) is 6.46. The maximum atomic E-state index is 11.5. The highest BCUT2D eigenvalue weighted by atomic mass is 16.5. The number of hydrogen-bond acceptors (Lipinski definition) is 5. The Morgan fingerprint density at radius 1 is 1.24 bits per heavy atom. The summed E-state index contributed by atoms with van der Waals surface area (Å²) in [7, 11) is 0. The molecule has 0 saturated carbocycles. The van der Waals surface area contributed by atoms with Crippen LogP contribution in [-0.2, 0) is 21.4 Å². The molecule has 0 bridgehead atoms. The quantitative estimate of drug-likeness (QED) is 0.565. The number of nitrogens with zero attached hydrogens (tertiary/aromatic N) is 2. The highest BCUT2D eigenvalue weighted by Gasteiger charge is 2.38. The maximum absolute atomic E-state index is 11.5. The lowest BCUT2D eigenvalue weighted by molar-refractivity contribution is -0.142. The molecule has 1 aromatic heterocycles. The molecule has 1 aromatic carbocycles. The number of aryl methyl sites for hydroxylation is 1. The van der Waals surface area contributed by atoms with Crippen LogP contribution in [0.1, 0.15) is 62.5 Å². The first-order valence-corrected chi connectivity index (χ1v) is 10.3. The van der Waals surface area contributed by atoms with Crippen molar-refractivity contribution in [2.45, 2.75) is 64.9 Å². The van der Waals surface area contributed by atoms with Gasteiger partial charge in [-0.1, -0.05) is 31.9 Å². The summed E-state index contributed by atoms with van der Waals surface area (Å²) in [5.41, 5.74) is 3.68. The average Bonchev–Trinajstić information content (AvgIpc) is 2.72. The van der Waals surface area contributed by atoms with E-state index < -0.39 is 0 Å². The van der Waals surface area contributed by atoms with Gasteiger partial charge in [-0.05, 0) is 44.2 Å². The highest BCUT2D eigenvalue weighted by molar-refractivity contribution is 5.71. The monoisotopic (exact) mass is 392 g/mol. The Balaban J connectivity index is 1.78. The first-order chi connectivity index (χ1) is 14.0. The molecule has 0 fully saturated rings. The number of fused-ring (bicyclic) bond motifs is 1. The van der Waals surface area contributed by atoms with Gasteiger partial charge in [0.05, 0.1) is 31.1 Å². The normalized spacial score (nSPS) is 16.8. The second kappa shape index (κ2) is 9.09. The fourth-order valence-electron chi connectivity index (χ4n) is 3.85. The molecular formula is C24H28N2O3. The van der Waals surface area contributed by atoms with Crippen molar-refractivity contribution >= 4 is 5.97 Å².